The first-order valence-electron chi connectivity index (χ1n) is 5.36. The van der Waals surface area contributed by atoms with Crippen molar-refractivity contribution in [3.05, 3.63) is 29.6 Å². The first-order valence-corrected chi connectivity index (χ1v) is 6.51. The molecule has 0 aliphatic carbocycles. The molecule has 0 amide bonds. The predicted octanol–water partition coefficient (Wildman–Crippen LogP) is 3.44. The van der Waals surface area contributed by atoms with Crippen LogP contribution in [0, 0.1) is 12.7 Å². The molecule has 0 saturated carbocycles. The molecule has 0 aromatic heterocycles. The lowest BCUT2D eigenvalue weighted by atomic mass is 10.1. The van der Waals surface area contributed by atoms with Gasteiger partial charge in [0.05, 0.1) is 0 Å². The quantitative estimate of drug-likeness (QED) is 0.827. The van der Waals surface area contributed by atoms with Crippen LogP contribution in [0.25, 0.3) is 0 Å². The van der Waals surface area contributed by atoms with Gasteiger partial charge < -0.3 is 5.32 Å². The number of halogens is 1. The van der Waals surface area contributed by atoms with Gasteiger partial charge in [-0.1, -0.05) is 0 Å². The summed E-state index contributed by atoms with van der Waals surface area (Å²) < 4.78 is 13.0. The average molecular weight is 225 g/mol. The Bertz CT molecular complexity index is 334. The highest BCUT2D eigenvalue weighted by Crippen LogP contribution is 2.21. The molecule has 1 fully saturated rings. The number of hydrogen-bond acceptors (Lipinski definition) is 2. The molecule has 1 aromatic rings. The van der Waals surface area contributed by atoms with E-state index in [-0.39, 0.29) is 5.82 Å². The Kier molecular flexibility index (Phi) is 3.52. The molecule has 1 aliphatic heterocycles. The Hall–Kier alpha value is -0.700. The second kappa shape index (κ2) is 4.88. The Morgan fingerprint density at radius 1 is 1.47 bits per heavy atom. The summed E-state index contributed by atoms with van der Waals surface area (Å²) >= 11 is 1.99. The minimum Gasteiger partial charge on any atom is -0.381 e. The van der Waals surface area contributed by atoms with Crippen molar-refractivity contribution in [3.63, 3.8) is 0 Å². The van der Waals surface area contributed by atoms with Gasteiger partial charge in [-0.25, -0.2) is 4.39 Å². The second-order valence-corrected chi connectivity index (χ2v) is 5.17. The van der Waals surface area contributed by atoms with E-state index in [4.69, 9.17) is 0 Å². The van der Waals surface area contributed by atoms with Crippen LogP contribution in [0.4, 0.5) is 10.1 Å². The zero-order valence-electron chi connectivity index (χ0n) is 8.92. The van der Waals surface area contributed by atoms with Crippen molar-refractivity contribution >= 4 is 17.4 Å². The van der Waals surface area contributed by atoms with Crippen molar-refractivity contribution in [2.45, 2.75) is 25.8 Å². The van der Waals surface area contributed by atoms with Crippen molar-refractivity contribution < 1.29 is 4.39 Å². The molecule has 1 saturated heterocycles. The van der Waals surface area contributed by atoms with Gasteiger partial charge in [0.25, 0.3) is 0 Å². The molecule has 2 rings (SSSR count). The third-order valence-electron chi connectivity index (χ3n) is 2.69. The van der Waals surface area contributed by atoms with E-state index in [1.54, 1.807) is 6.92 Å². The van der Waals surface area contributed by atoms with Crippen molar-refractivity contribution in [1.82, 2.24) is 0 Å². The summed E-state index contributed by atoms with van der Waals surface area (Å²) in [4.78, 5) is 0. The van der Waals surface area contributed by atoms with E-state index >= 15 is 0 Å². The molecule has 1 atom stereocenters. The van der Waals surface area contributed by atoms with Crippen LogP contribution in [0.5, 0.6) is 0 Å². The molecule has 3 heteroatoms. The molecule has 1 aliphatic rings. The largest absolute Gasteiger partial charge is 0.381 e. The van der Waals surface area contributed by atoms with Crippen LogP contribution < -0.4 is 5.32 Å². The summed E-state index contributed by atoms with van der Waals surface area (Å²) in [5, 5.41) is 3.46. The van der Waals surface area contributed by atoms with Gasteiger partial charge in [-0.2, -0.15) is 11.8 Å². The summed E-state index contributed by atoms with van der Waals surface area (Å²) in [5.74, 6) is 2.32. The highest BCUT2D eigenvalue weighted by Gasteiger charge is 2.13. The van der Waals surface area contributed by atoms with E-state index in [9.17, 15) is 4.39 Å². The Morgan fingerprint density at radius 2 is 2.33 bits per heavy atom. The average Bonchev–Trinajstić information content (AvgIpc) is 2.25. The van der Waals surface area contributed by atoms with Gasteiger partial charge in [-0.05, 0) is 49.3 Å². The first kappa shape index (κ1) is 10.8. The van der Waals surface area contributed by atoms with Gasteiger partial charge >= 0.3 is 0 Å². The molecule has 1 nitrogen and oxygen atoms in total. The number of benzene rings is 1. The molecule has 15 heavy (non-hydrogen) atoms. The molecular weight excluding hydrogens is 209 g/mol. The van der Waals surface area contributed by atoms with Crippen molar-refractivity contribution in [2.24, 2.45) is 0 Å². The summed E-state index contributed by atoms with van der Waals surface area (Å²) in [6.45, 7) is 1.80. The third kappa shape index (κ3) is 2.88. The lowest BCUT2D eigenvalue weighted by Gasteiger charge is -2.23. The van der Waals surface area contributed by atoms with Gasteiger partial charge in [-0.3, -0.25) is 0 Å². The first-order chi connectivity index (χ1) is 7.25. The van der Waals surface area contributed by atoms with E-state index in [0.29, 0.717) is 11.6 Å². The van der Waals surface area contributed by atoms with Crippen molar-refractivity contribution in [1.29, 1.82) is 0 Å². The number of thioether (sulfide) groups is 1. The second-order valence-electron chi connectivity index (χ2n) is 4.02. The molecule has 1 N–H and O–H groups in total. The monoisotopic (exact) mass is 225 g/mol. The minimum absolute atomic E-state index is 0.126. The molecule has 0 bridgehead atoms. The number of aryl methyl sites for hydroxylation is 1. The van der Waals surface area contributed by atoms with Gasteiger partial charge in [-0.15, -0.1) is 0 Å². The summed E-state index contributed by atoms with van der Waals surface area (Å²) in [6.07, 6.45) is 2.51. The van der Waals surface area contributed by atoms with Crippen molar-refractivity contribution in [3.8, 4) is 0 Å². The van der Waals surface area contributed by atoms with Crippen LogP contribution in [-0.2, 0) is 0 Å². The van der Waals surface area contributed by atoms with Crippen LogP contribution in [0.3, 0.4) is 0 Å². The maximum atomic E-state index is 13.0. The molecule has 0 spiro atoms. The molecule has 0 unspecified atom stereocenters. The van der Waals surface area contributed by atoms with E-state index in [2.05, 4.69) is 5.32 Å². The normalized spacial score (nSPS) is 21.3. The smallest absolute Gasteiger partial charge is 0.126 e. The Balaban J connectivity index is 2.00. The highest BCUT2D eigenvalue weighted by molar-refractivity contribution is 7.99. The van der Waals surface area contributed by atoms with Gasteiger partial charge in [0.2, 0.25) is 0 Å². The van der Waals surface area contributed by atoms with E-state index in [0.717, 1.165) is 11.4 Å². The van der Waals surface area contributed by atoms with Crippen molar-refractivity contribution in [2.75, 3.05) is 16.8 Å². The van der Waals surface area contributed by atoms with Crippen LogP contribution in [-0.4, -0.2) is 17.5 Å². The predicted molar refractivity (Wildman–Crippen MR) is 65.1 cm³/mol. The van der Waals surface area contributed by atoms with Crippen LogP contribution in [0.2, 0.25) is 0 Å². The SMILES string of the molecule is Cc1cc(N[C@H]2CCCSC2)ccc1F. The standard InChI is InChI=1S/C12H16FNS/c1-9-7-10(4-5-12(9)13)14-11-3-2-6-15-8-11/h4-5,7,11,14H,2-3,6,8H2,1H3/t11-/m0/s1. The van der Waals surface area contributed by atoms with Crippen LogP contribution in [0.15, 0.2) is 18.2 Å². The summed E-state index contributed by atoms with van der Waals surface area (Å²) in [7, 11) is 0. The maximum Gasteiger partial charge on any atom is 0.126 e. The fraction of sp³-hybridized carbons (Fsp3) is 0.500. The molecular formula is C12H16FNS. The van der Waals surface area contributed by atoms with Gasteiger partial charge in [0, 0.05) is 17.5 Å². The molecule has 1 aromatic carbocycles. The van der Waals surface area contributed by atoms with Gasteiger partial charge in [0.15, 0.2) is 0 Å². The molecule has 1 heterocycles. The molecule has 82 valence electrons. The van der Waals surface area contributed by atoms with E-state index in [1.165, 1.54) is 24.7 Å². The summed E-state index contributed by atoms with van der Waals surface area (Å²) in [6, 6.07) is 5.79. The fourth-order valence-electron chi connectivity index (χ4n) is 1.82. The number of anilines is 1. The minimum atomic E-state index is -0.126. The Labute approximate surface area is 94.5 Å². The highest BCUT2D eigenvalue weighted by atomic mass is 32.2. The molecule has 0 radical (unpaired) electrons. The zero-order chi connectivity index (χ0) is 10.7. The number of hydrogen-bond donors (Lipinski definition) is 1. The topological polar surface area (TPSA) is 12.0 Å². The van der Waals surface area contributed by atoms with Crippen LogP contribution >= 0.6 is 11.8 Å². The van der Waals surface area contributed by atoms with E-state index < -0.39 is 0 Å². The number of nitrogens with one attached hydrogen (secondary N) is 1. The van der Waals surface area contributed by atoms with Gasteiger partial charge in [0.1, 0.15) is 5.82 Å². The maximum absolute atomic E-state index is 13.0. The summed E-state index contributed by atoms with van der Waals surface area (Å²) in [5.41, 5.74) is 1.75. The van der Waals surface area contributed by atoms with E-state index in [1.807, 2.05) is 23.9 Å². The zero-order valence-corrected chi connectivity index (χ0v) is 9.74. The lowest BCUT2D eigenvalue weighted by Crippen LogP contribution is -2.25. The Morgan fingerprint density at radius 3 is 3.00 bits per heavy atom. The fourth-order valence-corrected chi connectivity index (χ4v) is 2.90. The number of rotatable bonds is 2. The van der Waals surface area contributed by atoms with Crippen LogP contribution in [0.1, 0.15) is 18.4 Å². The third-order valence-corrected chi connectivity index (χ3v) is 3.90. The lowest BCUT2D eigenvalue weighted by molar-refractivity contribution is 0.618.